The van der Waals surface area contributed by atoms with Crippen molar-refractivity contribution in [1.82, 2.24) is 52.3 Å². The van der Waals surface area contributed by atoms with Crippen LogP contribution in [-0.4, -0.2) is 238 Å². The molecule has 0 radical (unpaired) electrons. The molecule has 0 aliphatic carbocycles. The van der Waals surface area contributed by atoms with Crippen LogP contribution in [0.1, 0.15) is 78.6 Å². The van der Waals surface area contributed by atoms with Gasteiger partial charge in [0.25, 0.3) is 0 Å². The number of aliphatic hydroxyl groups excluding tert-OH is 2. The Morgan fingerprint density at radius 3 is 1.39 bits per heavy atom. The van der Waals surface area contributed by atoms with Crippen LogP contribution in [-0.2, 0) is 76.7 Å². The van der Waals surface area contributed by atoms with Gasteiger partial charge in [0, 0.05) is 13.1 Å². The Morgan fingerprint density at radius 1 is 0.494 bits per heavy atom. The van der Waals surface area contributed by atoms with E-state index in [4.69, 9.17) is 21.1 Å². The molecule has 2 aliphatic rings. The first-order valence-corrected chi connectivity index (χ1v) is 24.2. The van der Waals surface area contributed by atoms with Crippen LogP contribution < -0.4 is 48.3 Å². The summed E-state index contributed by atoms with van der Waals surface area (Å²) in [5.41, 5.74) is 5.53. The summed E-state index contributed by atoms with van der Waals surface area (Å²) in [7, 11) is 0. The summed E-state index contributed by atoms with van der Waals surface area (Å²) in [6.07, 6.45) is -6.83. The van der Waals surface area contributed by atoms with Gasteiger partial charge in [0.05, 0.1) is 57.4 Å². The Kier molecular flexibility index (Phi) is 26.1. The van der Waals surface area contributed by atoms with Gasteiger partial charge >= 0.3 is 35.8 Å². The molecule has 0 saturated carbocycles. The van der Waals surface area contributed by atoms with Crippen molar-refractivity contribution in [2.45, 2.75) is 145 Å². The van der Waals surface area contributed by atoms with Crippen molar-refractivity contribution in [3.8, 4) is 0 Å². The highest BCUT2D eigenvalue weighted by Crippen LogP contribution is 2.26. The lowest BCUT2D eigenvalue weighted by atomic mass is 10.0. The fourth-order valence-corrected chi connectivity index (χ4v) is 8.01. The molecule has 2 aliphatic heterocycles. The lowest BCUT2D eigenvalue weighted by molar-refractivity contribution is -0.149. The molecule has 2 saturated heterocycles. The Morgan fingerprint density at radius 2 is 0.924 bits per heavy atom. The number of carbonyl (C=O) groups excluding carboxylic acids is 10. The lowest BCUT2D eigenvalue weighted by Gasteiger charge is -2.34. The molecule has 35 nitrogen and oxygen atoms in total. The van der Waals surface area contributed by atoms with E-state index in [9.17, 15) is 102 Å². The van der Waals surface area contributed by atoms with Crippen LogP contribution in [0, 0.1) is 5.92 Å². The molecule has 2 fully saturated rings. The van der Waals surface area contributed by atoms with Crippen molar-refractivity contribution in [1.29, 1.82) is 0 Å². The second-order valence-corrected chi connectivity index (χ2v) is 18.5. The average Bonchev–Trinajstić information content (AvgIpc) is 4.09. The second kappa shape index (κ2) is 31.0. The third kappa shape index (κ3) is 21.0. The molecule has 18 N–H and O–H groups in total. The summed E-state index contributed by atoms with van der Waals surface area (Å²) in [5.74, 6) is -22.6. The number of carbonyl (C=O) groups is 16. The zero-order valence-electron chi connectivity index (χ0n) is 42.7. The molecule has 0 bridgehead atoms. The van der Waals surface area contributed by atoms with Gasteiger partial charge in [-0.25, -0.2) is 4.79 Å². The van der Waals surface area contributed by atoms with Gasteiger partial charge in [0.15, 0.2) is 0 Å². The van der Waals surface area contributed by atoms with Crippen LogP contribution in [0.15, 0.2) is 0 Å². The molecule has 440 valence electrons. The Balaban J connectivity index is 2.26. The normalized spacial score (nSPS) is 18.3. The van der Waals surface area contributed by atoms with Crippen molar-refractivity contribution >= 4 is 94.9 Å². The molecule has 0 unspecified atom stereocenters. The fourth-order valence-electron chi connectivity index (χ4n) is 8.01. The van der Waals surface area contributed by atoms with Crippen molar-refractivity contribution in [3.05, 3.63) is 0 Å². The first kappa shape index (κ1) is 66.5. The second-order valence-electron chi connectivity index (χ2n) is 18.5. The van der Waals surface area contributed by atoms with Gasteiger partial charge in [-0.1, -0.05) is 13.8 Å². The summed E-state index contributed by atoms with van der Waals surface area (Å²) in [6, 6.07) is -17.8. The number of nitrogens with one attached hydrogen (secondary N) is 8. The number of aliphatic hydroxyl groups is 2. The molecule has 35 heteroatoms. The molecule has 0 spiro atoms. The maximum absolute atomic E-state index is 14.2. The van der Waals surface area contributed by atoms with E-state index in [1.54, 1.807) is 0 Å². The highest BCUT2D eigenvalue weighted by atomic mass is 16.4. The number of aliphatic carboxylic acids is 6. The average molecular weight is 1130 g/mol. The first-order chi connectivity index (χ1) is 36.8. The summed E-state index contributed by atoms with van der Waals surface area (Å²) in [6.45, 7) is 1.52. The molecule has 11 atom stereocenters. The topological polar surface area (TPSA) is 564 Å². The van der Waals surface area contributed by atoms with E-state index < -0.39 is 213 Å². The number of likely N-dealkylation sites (tertiary alicyclic amines) is 2. The smallest absolute Gasteiger partial charge is 0.326 e. The van der Waals surface area contributed by atoms with Gasteiger partial charge < -0.3 is 98.9 Å². The molecule has 0 aromatic heterocycles. The van der Waals surface area contributed by atoms with E-state index in [0.29, 0.717) is 0 Å². The molecule has 2 heterocycles. The predicted molar refractivity (Wildman–Crippen MR) is 256 cm³/mol. The largest absolute Gasteiger partial charge is 0.481 e. The Labute approximate surface area is 447 Å². The number of hydrogen-bond donors (Lipinski definition) is 17. The summed E-state index contributed by atoms with van der Waals surface area (Å²) < 4.78 is 0. The van der Waals surface area contributed by atoms with E-state index in [1.165, 1.54) is 13.8 Å². The van der Waals surface area contributed by atoms with Crippen molar-refractivity contribution < 1.29 is 118 Å². The van der Waals surface area contributed by atoms with Crippen LogP contribution in [0.4, 0.5) is 0 Å². The monoisotopic (exact) mass is 1130 g/mol. The summed E-state index contributed by atoms with van der Waals surface area (Å²) in [5, 5.41) is 92.4. The number of nitrogens with zero attached hydrogens (tertiary/aromatic N) is 2. The minimum Gasteiger partial charge on any atom is -0.481 e. The van der Waals surface area contributed by atoms with Gasteiger partial charge in [-0.05, 0) is 38.5 Å². The number of carboxylic acid groups (broad SMARTS) is 6. The highest BCUT2D eigenvalue weighted by Gasteiger charge is 2.46. The maximum Gasteiger partial charge on any atom is 0.326 e. The third-order valence-electron chi connectivity index (χ3n) is 12.0. The van der Waals surface area contributed by atoms with E-state index >= 15 is 0 Å². The maximum atomic E-state index is 14.2. The van der Waals surface area contributed by atoms with Gasteiger partial charge in [-0.2, -0.15) is 0 Å². The summed E-state index contributed by atoms with van der Waals surface area (Å²) in [4.78, 5) is 204. The van der Waals surface area contributed by atoms with Crippen molar-refractivity contribution in [2.24, 2.45) is 11.7 Å². The van der Waals surface area contributed by atoms with Crippen LogP contribution in [0.25, 0.3) is 0 Å². The third-order valence-corrected chi connectivity index (χ3v) is 12.0. The number of rotatable bonds is 32. The van der Waals surface area contributed by atoms with E-state index in [-0.39, 0.29) is 38.8 Å². The van der Waals surface area contributed by atoms with Gasteiger partial charge in [0.1, 0.15) is 54.4 Å². The number of nitrogens with two attached hydrogens (primary N) is 1. The Bertz CT molecular complexity index is 2370. The zero-order valence-corrected chi connectivity index (χ0v) is 42.7. The van der Waals surface area contributed by atoms with Crippen molar-refractivity contribution in [2.75, 3.05) is 26.2 Å². The van der Waals surface area contributed by atoms with Gasteiger partial charge in [-0.15, -0.1) is 0 Å². The Hall–Kier alpha value is -8.60. The minimum atomic E-state index is -2.15. The number of hydrogen-bond acceptors (Lipinski definition) is 19. The minimum absolute atomic E-state index is 0.0135. The summed E-state index contributed by atoms with van der Waals surface area (Å²) >= 11 is 0. The van der Waals surface area contributed by atoms with Crippen LogP contribution in [0.2, 0.25) is 0 Å². The van der Waals surface area contributed by atoms with Crippen LogP contribution >= 0.6 is 0 Å². The quantitative estimate of drug-likeness (QED) is 0.0297. The molecule has 0 aromatic carbocycles. The van der Waals surface area contributed by atoms with Crippen LogP contribution in [0.5, 0.6) is 0 Å². The molecule has 0 aromatic rings. The lowest BCUT2D eigenvalue weighted by Crippen LogP contribution is -2.62. The van der Waals surface area contributed by atoms with E-state index in [1.807, 2.05) is 26.6 Å². The number of carboxylic acids is 6. The fraction of sp³-hybridized carbons (Fsp3) is 0.636. The molecule has 2 rings (SSSR count). The van der Waals surface area contributed by atoms with Gasteiger partial charge in [-0.3, -0.25) is 71.9 Å². The number of amides is 10. The zero-order chi connectivity index (χ0) is 60.2. The highest BCUT2D eigenvalue weighted by molar-refractivity contribution is 6.01. The molecule has 10 amide bonds. The first-order valence-electron chi connectivity index (χ1n) is 24.2. The SMILES string of the molecule is CC(C)[C@H](NC(=O)[C@H](CC(=O)O)NC(=O)[C@@H](N)CC(=O)O)C(=O)N[C@H](C(=O)N1CCC[C@H]1C(=O)N1CCC[C@H]1C(=O)N[C@@H](CC(=O)O)C(=O)N[C@@H](CC(=O)O)C(=O)N[C@@H](CO)C(=O)NCC(=O)N[C@@H](CC(=O)O)C(=O)O)[C@@H](C)O. The molecule has 79 heavy (non-hydrogen) atoms. The van der Waals surface area contributed by atoms with Gasteiger partial charge in [0.2, 0.25) is 59.1 Å². The standard InChI is InChI=1S/C44H65N11O24/c1-17(2)33(52-39(73)22(13-31(65)66)48-35(69)19(45)10-28(59)60)41(75)53-34(18(3)57)43(77)55-9-5-7-26(55)42(76)54-8-4-6-25(54)40(74)50-21(12-30(63)64)37(71)49-20(11-29(61)62)38(72)51-24(16-56)36(70)46-15-27(58)47-23(44(78)79)14-32(67)68/h17-26,33-34,56-57H,4-16,45H2,1-3H3,(H,46,70)(H,47,58)(H,48,69)(H,49,71)(H,50,74)(H,51,72)(H,52,73)(H,53,75)(H,59,60)(H,61,62)(H,63,64)(H,65,66)(H,67,68)(H,78,79)/t18-,19+,20+,21+,22+,23+,24+,25+,26+,33+,34+/m1/s1. The van der Waals surface area contributed by atoms with E-state index in [2.05, 4.69) is 16.0 Å². The molecular formula is C44H65N11O24. The van der Waals surface area contributed by atoms with Crippen molar-refractivity contribution in [3.63, 3.8) is 0 Å². The van der Waals surface area contributed by atoms with Crippen LogP contribution in [0.3, 0.4) is 0 Å². The van der Waals surface area contributed by atoms with E-state index in [0.717, 1.165) is 16.7 Å². The molecular weight excluding hydrogens is 1070 g/mol. The predicted octanol–water partition coefficient (Wildman–Crippen LogP) is -8.71.